The van der Waals surface area contributed by atoms with Crippen LogP contribution in [-0.2, 0) is 27.7 Å². The van der Waals surface area contributed by atoms with Crippen molar-refractivity contribution in [1.29, 1.82) is 0 Å². The molecule has 3 heteroatoms. The van der Waals surface area contributed by atoms with Crippen LogP contribution >= 0.6 is 0 Å². The fourth-order valence-corrected chi connectivity index (χ4v) is 15.1. The molecule has 3 aromatic rings. The largest absolute Gasteiger partial charge is 1.00 e. The molecule has 0 aliphatic heterocycles. The van der Waals surface area contributed by atoms with E-state index in [2.05, 4.69) is 107 Å². The molecule has 3 aliphatic carbocycles. The van der Waals surface area contributed by atoms with Crippen molar-refractivity contribution in [3.05, 3.63) is 108 Å². The van der Waals surface area contributed by atoms with Gasteiger partial charge >= 0.3 is 246 Å². The van der Waals surface area contributed by atoms with E-state index in [-0.39, 0.29) is 24.8 Å². The molecule has 41 heavy (non-hydrogen) atoms. The Morgan fingerprint density at radius 3 is 2.12 bits per heavy atom. The van der Waals surface area contributed by atoms with Crippen molar-refractivity contribution in [1.82, 2.24) is 0 Å². The van der Waals surface area contributed by atoms with E-state index in [0.29, 0.717) is 11.3 Å². The SMILES string of the molecule is Cc1ccc(/[CH]=[Zr+2](/[C]2=CC(C3(C)CCCCC3)=CC2C)[c]2c(C)c(C)cc3c2Cc2cc(C)c(C)cc2-3)cc1.[Cl-].[Cl-]. The molecule has 0 nitrogen and oxygen atoms in total. The Balaban J connectivity index is 0.00000194. The van der Waals surface area contributed by atoms with Gasteiger partial charge in [0.25, 0.3) is 0 Å². The van der Waals surface area contributed by atoms with E-state index in [1.54, 1.807) is 23.3 Å². The van der Waals surface area contributed by atoms with Gasteiger partial charge in [-0.25, -0.2) is 0 Å². The summed E-state index contributed by atoms with van der Waals surface area (Å²) < 4.78 is 6.30. The predicted octanol–water partition coefficient (Wildman–Crippen LogP) is 3.33. The Kier molecular flexibility index (Phi) is 9.96. The maximum Gasteiger partial charge on any atom is -1.00 e. The van der Waals surface area contributed by atoms with Gasteiger partial charge < -0.3 is 24.8 Å². The standard InChI is InChI=1S/C17H17.C13H19.C8H8.2ClH.Zr/c1-10-5-14-9-15-6-11(2)13(4)8-17(15)16(14)7-12(10)3;1-11-6-7-12(10-11)13(2)8-4-3-5-9-13;1-7-3-5-8(2)6-4-7;;;/h5,7-8H,9H2,1-4H3;7,10-11H,3-5,8-9H2,1-2H3;1,3-6H,2H3;2*1H;/q;;;;;+2/p-2. The van der Waals surface area contributed by atoms with E-state index in [4.69, 9.17) is 0 Å². The van der Waals surface area contributed by atoms with Crippen molar-refractivity contribution in [3.8, 4) is 11.1 Å². The Labute approximate surface area is 268 Å². The van der Waals surface area contributed by atoms with Gasteiger partial charge in [-0.1, -0.05) is 0 Å². The number of rotatable bonds is 4. The maximum absolute atomic E-state index is 2.77. The summed E-state index contributed by atoms with van der Waals surface area (Å²) in [4.78, 5) is 0. The van der Waals surface area contributed by atoms with Gasteiger partial charge in [-0.2, -0.15) is 0 Å². The van der Waals surface area contributed by atoms with Gasteiger partial charge in [-0.05, 0) is 0 Å². The molecule has 0 N–H and O–H groups in total. The first-order valence-electron chi connectivity index (χ1n) is 15.1. The van der Waals surface area contributed by atoms with Crippen molar-refractivity contribution in [3.63, 3.8) is 0 Å². The number of benzene rings is 3. The second-order valence-corrected chi connectivity index (χ2v) is 18.5. The maximum atomic E-state index is 2.77. The van der Waals surface area contributed by atoms with Gasteiger partial charge in [-0.15, -0.1) is 0 Å². The van der Waals surface area contributed by atoms with Crippen LogP contribution in [0.4, 0.5) is 0 Å². The number of hydrogen-bond acceptors (Lipinski definition) is 0. The van der Waals surface area contributed by atoms with Crippen LogP contribution in [-0.4, -0.2) is 3.71 Å². The van der Waals surface area contributed by atoms with Crippen LogP contribution in [0.5, 0.6) is 0 Å². The average molecular weight is 663 g/mol. The monoisotopic (exact) mass is 660 g/mol. The number of hydrogen-bond donors (Lipinski definition) is 0. The Hall–Kier alpha value is -1.53. The second kappa shape index (κ2) is 12.6. The average Bonchev–Trinajstić information content (AvgIpc) is 3.46. The first-order chi connectivity index (χ1) is 18.6. The molecule has 6 rings (SSSR count). The van der Waals surface area contributed by atoms with Crippen LogP contribution in [0, 0.1) is 46.0 Å². The number of allylic oxidation sites excluding steroid dienone is 4. The molecule has 0 amide bonds. The molecule has 214 valence electrons. The first-order valence-corrected chi connectivity index (χ1v) is 19.0. The van der Waals surface area contributed by atoms with E-state index < -0.39 is 21.3 Å². The van der Waals surface area contributed by atoms with Crippen LogP contribution in [0.25, 0.3) is 11.1 Å². The van der Waals surface area contributed by atoms with Crippen molar-refractivity contribution in [2.45, 2.75) is 87.0 Å². The zero-order chi connectivity index (χ0) is 27.5. The third kappa shape index (κ3) is 5.99. The fraction of sp³-hybridized carbons (Fsp3) is 0.395. The van der Waals surface area contributed by atoms with Crippen LogP contribution in [0.15, 0.2) is 63.5 Å². The molecule has 1 fully saturated rings. The van der Waals surface area contributed by atoms with Gasteiger partial charge in [0.2, 0.25) is 0 Å². The van der Waals surface area contributed by atoms with E-state index in [1.165, 1.54) is 76.6 Å². The summed E-state index contributed by atoms with van der Waals surface area (Å²) in [5, 5.41) is 0. The number of aryl methyl sites for hydroxylation is 4. The molecular weight excluding hydrogens is 619 g/mol. The van der Waals surface area contributed by atoms with E-state index >= 15 is 0 Å². The molecule has 3 aromatic carbocycles. The molecule has 0 saturated heterocycles. The van der Waals surface area contributed by atoms with Gasteiger partial charge in [0, 0.05) is 0 Å². The molecule has 1 unspecified atom stereocenters. The third-order valence-corrected chi connectivity index (χ3v) is 17.7. The molecule has 0 radical (unpaired) electrons. The van der Waals surface area contributed by atoms with E-state index in [1.807, 2.05) is 0 Å². The summed E-state index contributed by atoms with van der Waals surface area (Å²) in [6.07, 6.45) is 13.4. The Morgan fingerprint density at radius 1 is 0.805 bits per heavy atom. The minimum Gasteiger partial charge on any atom is -1.00 e. The minimum atomic E-state index is -2.45. The third-order valence-electron chi connectivity index (χ3n) is 10.2. The zero-order valence-electron chi connectivity index (χ0n) is 25.8. The van der Waals surface area contributed by atoms with Crippen molar-refractivity contribution < 1.29 is 46.1 Å². The molecule has 1 saturated carbocycles. The summed E-state index contributed by atoms with van der Waals surface area (Å²) in [7, 11) is 0. The summed E-state index contributed by atoms with van der Waals surface area (Å²) >= 11 is -2.45. The topological polar surface area (TPSA) is 0 Å². The van der Waals surface area contributed by atoms with Gasteiger partial charge in [0.1, 0.15) is 0 Å². The Bertz CT molecular complexity index is 1560. The smallest absolute Gasteiger partial charge is 1.00 e. The van der Waals surface area contributed by atoms with E-state index in [9.17, 15) is 0 Å². The quantitative estimate of drug-likeness (QED) is 0.315. The van der Waals surface area contributed by atoms with Gasteiger partial charge in [0.15, 0.2) is 0 Å². The molecule has 0 spiro atoms. The minimum absolute atomic E-state index is 0. The van der Waals surface area contributed by atoms with Gasteiger partial charge in [-0.3, -0.25) is 0 Å². The van der Waals surface area contributed by atoms with Crippen LogP contribution in [0.2, 0.25) is 0 Å². The van der Waals surface area contributed by atoms with Crippen molar-refractivity contribution in [2.24, 2.45) is 11.3 Å². The van der Waals surface area contributed by atoms with Crippen LogP contribution < -0.4 is 28.1 Å². The molecule has 0 heterocycles. The Morgan fingerprint density at radius 2 is 1.44 bits per heavy atom. The summed E-state index contributed by atoms with van der Waals surface area (Å²) in [6.45, 7) is 16.5. The summed E-state index contributed by atoms with van der Waals surface area (Å²) in [6, 6.07) is 16.7. The van der Waals surface area contributed by atoms with Crippen LogP contribution in [0.3, 0.4) is 0 Å². The molecule has 0 bridgehead atoms. The summed E-state index contributed by atoms with van der Waals surface area (Å²) in [5.41, 5.74) is 16.8. The normalized spacial score (nSPS) is 18.6. The first kappa shape index (κ1) is 32.4. The van der Waals surface area contributed by atoms with Crippen molar-refractivity contribution in [2.75, 3.05) is 0 Å². The fourth-order valence-electron chi connectivity index (χ4n) is 7.38. The molecule has 0 aromatic heterocycles. The van der Waals surface area contributed by atoms with Crippen molar-refractivity contribution >= 4 is 6.98 Å². The number of halogens is 2. The predicted molar refractivity (Wildman–Crippen MR) is 166 cm³/mol. The summed E-state index contributed by atoms with van der Waals surface area (Å²) in [5.74, 6) is 0.540. The second-order valence-electron chi connectivity index (χ2n) is 13.1. The van der Waals surface area contributed by atoms with Crippen LogP contribution in [0.1, 0.15) is 90.5 Å². The molecule has 3 aliphatic rings. The van der Waals surface area contributed by atoms with Gasteiger partial charge in [0.05, 0.1) is 0 Å². The van der Waals surface area contributed by atoms with E-state index in [0.717, 1.165) is 6.42 Å². The number of fused-ring (bicyclic) bond motifs is 3. The molecule has 1 atom stereocenters. The molecular formula is C38H44Cl2Zr. The zero-order valence-corrected chi connectivity index (χ0v) is 29.8.